The Labute approximate surface area is 161 Å². The summed E-state index contributed by atoms with van der Waals surface area (Å²) in [5, 5.41) is 4.47. The molecule has 0 N–H and O–H groups in total. The molecule has 5 nitrogen and oxygen atoms in total. The van der Waals surface area contributed by atoms with Gasteiger partial charge in [0, 0.05) is 25.6 Å². The molecule has 0 spiro atoms. The Morgan fingerprint density at radius 3 is 2.61 bits per heavy atom. The summed E-state index contributed by atoms with van der Waals surface area (Å²) in [4.78, 5) is 10.9. The molecule has 1 aromatic carbocycles. The number of alkyl halides is 3. The third kappa shape index (κ3) is 3.87. The van der Waals surface area contributed by atoms with Crippen LogP contribution in [-0.2, 0) is 13.0 Å². The number of hydrogen-bond donors (Lipinski definition) is 0. The zero-order valence-corrected chi connectivity index (χ0v) is 15.8. The van der Waals surface area contributed by atoms with Crippen molar-refractivity contribution in [1.29, 1.82) is 0 Å². The summed E-state index contributed by atoms with van der Waals surface area (Å²) >= 11 is 0. The Hall–Kier alpha value is -2.48. The van der Waals surface area contributed by atoms with Crippen LogP contribution >= 0.6 is 0 Å². The molecule has 0 radical (unpaired) electrons. The van der Waals surface area contributed by atoms with Crippen molar-refractivity contribution in [2.45, 2.75) is 38.9 Å². The first kappa shape index (κ1) is 18.9. The number of nitrogens with zero attached hydrogens (tertiary/aromatic N) is 5. The van der Waals surface area contributed by atoms with Crippen molar-refractivity contribution in [3.63, 3.8) is 0 Å². The Morgan fingerprint density at radius 2 is 1.89 bits per heavy atom. The molecule has 1 fully saturated rings. The number of fused-ring (bicyclic) bond motifs is 1. The highest BCUT2D eigenvalue weighted by Gasteiger charge is 2.34. The number of rotatable bonds is 4. The van der Waals surface area contributed by atoms with Crippen LogP contribution in [0.2, 0.25) is 0 Å². The smallest absolute Gasteiger partial charge is 0.298 e. The van der Waals surface area contributed by atoms with E-state index in [-0.39, 0.29) is 11.7 Å². The van der Waals surface area contributed by atoms with Crippen molar-refractivity contribution in [1.82, 2.24) is 24.5 Å². The predicted molar refractivity (Wildman–Crippen MR) is 98.9 cm³/mol. The van der Waals surface area contributed by atoms with E-state index >= 15 is 0 Å². The third-order valence-electron chi connectivity index (χ3n) is 5.29. The zero-order valence-electron chi connectivity index (χ0n) is 15.8. The van der Waals surface area contributed by atoms with Gasteiger partial charge in [0.25, 0.3) is 0 Å². The fourth-order valence-electron chi connectivity index (χ4n) is 3.93. The van der Waals surface area contributed by atoms with Gasteiger partial charge < -0.3 is 0 Å². The molecular weight excluding hydrogens is 367 g/mol. The van der Waals surface area contributed by atoms with Crippen molar-refractivity contribution in [3.05, 3.63) is 59.4 Å². The van der Waals surface area contributed by atoms with Crippen LogP contribution in [0.4, 0.5) is 13.2 Å². The first-order chi connectivity index (χ1) is 13.3. The predicted octanol–water partition coefficient (Wildman–Crippen LogP) is 3.77. The maximum atomic E-state index is 12.9. The molecule has 148 valence electrons. The van der Waals surface area contributed by atoms with Gasteiger partial charge in [-0.2, -0.15) is 18.3 Å². The fraction of sp³-hybridized carbons (Fsp3) is 0.450. The Bertz CT molecular complexity index is 967. The van der Waals surface area contributed by atoms with Gasteiger partial charge in [0.15, 0.2) is 5.82 Å². The number of halogens is 3. The molecule has 1 saturated heterocycles. The highest BCUT2D eigenvalue weighted by Crippen LogP contribution is 2.32. The van der Waals surface area contributed by atoms with E-state index in [1.807, 2.05) is 18.2 Å². The molecule has 2 unspecified atom stereocenters. The van der Waals surface area contributed by atoms with Crippen LogP contribution in [0.25, 0.3) is 5.52 Å². The van der Waals surface area contributed by atoms with E-state index in [0.29, 0.717) is 23.0 Å². The Kier molecular flexibility index (Phi) is 4.82. The summed E-state index contributed by atoms with van der Waals surface area (Å²) in [5.41, 5.74) is 2.42. The van der Waals surface area contributed by atoms with Crippen LogP contribution < -0.4 is 0 Å². The highest BCUT2D eigenvalue weighted by molar-refractivity contribution is 5.49. The molecule has 8 heteroatoms. The van der Waals surface area contributed by atoms with Crippen LogP contribution in [0, 0.1) is 12.8 Å². The maximum absolute atomic E-state index is 12.9. The summed E-state index contributed by atoms with van der Waals surface area (Å²) in [6, 6.07) is 10.2. The van der Waals surface area contributed by atoms with Crippen molar-refractivity contribution < 1.29 is 13.2 Å². The van der Waals surface area contributed by atoms with E-state index in [1.54, 1.807) is 6.92 Å². The van der Waals surface area contributed by atoms with Gasteiger partial charge in [0.05, 0.1) is 11.9 Å². The number of aryl methyl sites for hydroxylation is 1. The van der Waals surface area contributed by atoms with E-state index in [4.69, 9.17) is 0 Å². The fourth-order valence-corrected chi connectivity index (χ4v) is 3.93. The zero-order chi connectivity index (χ0) is 19.9. The quantitative estimate of drug-likeness (QED) is 0.682. The van der Waals surface area contributed by atoms with Crippen LogP contribution in [0.1, 0.15) is 35.7 Å². The number of aromatic nitrogens is 4. The minimum absolute atomic E-state index is 0.0768. The highest BCUT2D eigenvalue weighted by atomic mass is 19.4. The van der Waals surface area contributed by atoms with E-state index in [9.17, 15) is 13.2 Å². The number of benzene rings is 1. The molecule has 0 aliphatic carbocycles. The minimum atomic E-state index is -4.33. The molecule has 1 aliphatic rings. The minimum Gasteiger partial charge on any atom is -0.298 e. The molecule has 3 aromatic rings. The summed E-state index contributed by atoms with van der Waals surface area (Å²) in [6.45, 7) is 6.46. The normalized spacial score (nSPS) is 20.9. The molecule has 0 amide bonds. The van der Waals surface area contributed by atoms with Gasteiger partial charge in [0.1, 0.15) is 17.8 Å². The lowest BCUT2D eigenvalue weighted by Gasteiger charge is -2.16. The van der Waals surface area contributed by atoms with Crippen LogP contribution in [0.3, 0.4) is 0 Å². The molecular formula is C20H22F3N5. The molecule has 0 bridgehead atoms. The second-order valence-electron chi connectivity index (χ2n) is 7.58. The lowest BCUT2D eigenvalue weighted by Crippen LogP contribution is -2.21. The van der Waals surface area contributed by atoms with Crippen molar-refractivity contribution >= 4 is 5.52 Å². The van der Waals surface area contributed by atoms with Gasteiger partial charge >= 0.3 is 6.18 Å². The van der Waals surface area contributed by atoms with Gasteiger partial charge in [-0.05, 0) is 18.4 Å². The molecule has 0 saturated carbocycles. The summed E-state index contributed by atoms with van der Waals surface area (Å²) < 4.78 is 39.9. The van der Waals surface area contributed by atoms with Crippen molar-refractivity contribution in [3.8, 4) is 0 Å². The largest absolute Gasteiger partial charge is 0.396 e. The number of imidazole rings is 1. The van der Waals surface area contributed by atoms with E-state index < -0.39 is 12.6 Å². The molecule has 3 heterocycles. The van der Waals surface area contributed by atoms with E-state index in [1.165, 1.54) is 16.3 Å². The van der Waals surface area contributed by atoms with Gasteiger partial charge in [-0.1, -0.05) is 37.3 Å². The Morgan fingerprint density at radius 1 is 1.14 bits per heavy atom. The molecule has 2 aromatic heterocycles. The summed E-state index contributed by atoms with van der Waals surface area (Å²) in [5.74, 6) is 0.888. The van der Waals surface area contributed by atoms with Crippen LogP contribution in [0.15, 0.2) is 36.5 Å². The Balaban J connectivity index is 1.60. The third-order valence-corrected chi connectivity index (χ3v) is 5.29. The van der Waals surface area contributed by atoms with Crippen LogP contribution in [0.5, 0.6) is 0 Å². The van der Waals surface area contributed by atoms with Crippen molar-refractivity contribution in [2.75, 3.05) is 13.1 Å². The molecule has 2 atom stereocenters. The van der Waals surface area contributed by atoms with Crippen molar-refractivity contribution in [2.24, 2.45) is 5.92 Å². The SMILES string of the molecule is Cc1nc(C2CN(Cc3ccccc3)CC2C)nn2c(CC(F)(F)F)ncc12. The molecule has 28 heavy (non-hydrogen) atoms. The lowest BCUT2D eigenvalue weighted by atomic mass is 9.97. The first-order valence-corrected chi connectivity index (χ1v) is 9.34. The molecule has 4 rings (SSSR count). The van der Waals surface area contributed by atoms with E-state index in [2.05, 4.69) is 39.0 Å². The second kappa shape index (κ2) is 7.16. The lowest BCUT2D eigenvalue weighted by molar-refractivity contribution is -0.128. The van der Waals surface area contributed by atoms with Gasteiger partial charge in [-0.15, -0.1) is 0 Å². The van der Waals surface area contributed by atoms with Crippen LogP contribution in [-0.4, -0.2) is 43.7 Å². The van der Waals surface area contributed by atoms with Gasteiger partial charge in [-0.25, -0.2) is 14.5 Å². The second-order valence-corrected chi connectivity index (χ2v) is 7.58. The number of hydrogen-bond acceptors (Lipinski definition) is 4. The molecule has 1 aliphatic heterocycles. The van der Waals surface area contributed by atoms with E-state index in [0.717, 1.165) is 19.6 Å². The number of likely N-dealkylation sites (tertiary alicyclic amines) is 1. The topological polar surface area (TPSA) is 46.3 Å². The average Bonchev–Trinajstić information content (AvgIpc) is 3.18. The summed E-state index contributed by atoms with van der Waals surface area (Å²) in [7, 11) is 0. The monoisotopic (exact) mass is 389 g/mol. The average molecular weight is 389 g/mol. The summed E-state index contributed by atoms with van der Waals surface area (Å²) in [6.07, 6.45) is -4.01. The van der Waals surface area contributed by atoms with Gasteiger partial charge in [-0.3, -0.25) is 4.90 Å². The van der Waals surface area contributed by atoms with Gasteiger partial charge in [0.2, 0.25) is 0 Å². The standard InChI is InChI=1S/C20H22F3N5/c1-13-10-27(11-15-6-4-3-5-7-15)12-16(13)19-25-14(2)17-9-24-18(28(17)26-19)8-20(21,22)23/h3-7,9,13,16H,8,10-12H2,1-2H3. The first-order valence-electron chi connectivity index (χ1n) is 9.34. The maximum Gasteiger partial charge on any atom is 0.396 e.